The van der Waals surface area contributed by atoms with Crippen LogP contribution in [-0.2, 0) is 42.5 Å². The number of ether oxygens (including phenoxy) is 5. The first-order valence-corrected chi connectivity index (χ1v) is 28.8. The molecule has 78 heavy (non-hydrogen) atoms. The van der Waals surface area contributed by atoms with Crippen molar-refractivity contribution in [3.8, 4) is 11.5 Å². The first-order chi connectivity index (χ1) is 36.3. The number of nitrogens with zero attached hydrogens (tertiary/aromatic N) is 3. The number of piperidine rings is 1. The van der Waals surface area contributed by atoms with E-state index in [1.54, 1.807) is 33.0 Å². The van der Waals surface area contributed by atoms with Crippen LogP contribution in [0, 0.1) is 36.5 Å². The van der Waals surface area contributed by atoms with Crippen LogP contribution in [0.4, 0.5) is 4.79 Å². The number of benzene rings is 1. The number of aromatic hydroxyl groups is 1. The number of carbonyl (C=O) groups is 6. The zero-order valence-corrected chi connectivity index (χ0v) is 47.6. The number of carbonyl (C=O) groups excluding carboxylic acids is 6. The highest BCUT2D eigenvalue weighted by Crippen LogP contribution is 2.58. The van der Waals surface area contributed by atoms with Crippen LogP contribution in [0.2, 0.25) is 0 Å². The number of aliphatic hydroxyl groups excluding tert-OH is 1. The van der Waals surface area contributed by atoms with E-state index in [9.17, 15) is 67.7 Å². The Bertz CT molecular complexity index is 2730. The van der Waals surface area contributed by atoms with Crippen molar-refractivity contribution < 1.29 is 91.4 Å². The minimum atomic E-state index is -5.61. The minimum Gasteiger partial charge on any atom is -0.507 e. The van der Waals surface area contributed by atoms with Gasteiger partial charge in [-0.3, -0.25) is 33.3 Å². The summed E-state index contributed by atoms with van der Waals surface area (Å²) < 4.78 is 53.1. The highest BCUT2D eigenvalue weighted by atomic mass is 31.2. The largest absolute Gasteiger partial charge is 0.507 e. The van der Waals surface area contributed by atoms with E-state index in [4.69, 9.17) is 28.7 Å². The molecule has 432 valence electrons. The summed E-state index contributed by atoms with van der Waals surface area (Å²) in [5.41, 5.74) is -4.51. The Kier molecular flexibility index (Phi) is 20.7. The number of nitrogens with one attached hydrogen (secondary N) is 3. The van der Waals surface area contributed by atoms with Gasteiger partial charge in [-0.2, -0.15) is 0 Å². The molecule has 0 aromatic heterocycles. The van der Waals surface area contributed by atoms with Gasteiger partial charge in [0, 0.05) is 93.9 Å². The van der Waals surface area contributed by atoms with E-state index in [2.05, 4.69) is 29.4 Å². The van der Waals surface area contributed by atoms with E-state index < -0.39 is 122 Å². The van der Waals surface area contributed by atoms with E-state index in [1.807, 2.05) is 0 Å². The number of likely N-dealkylation sites (tertiary alicyclic amines) is 1. The predicted octanol–water partition coefficient (Wildman–Crippen LogP) is 3.69. The van der Waals surface area contributed by atoms with E-state index in [1.165, 1.54) is 52.2 Å². The molecule has 9 N–H and O–H groups in total. The lowest BCUT2D eigenvalue weighted by Crippen LogP contribution is -2.50. The van der Waals surface area contributed by atoms with E-state index in [0.717, 1.165) is 26.8 Å². The Morgan fingerprint density at radius 2 is 1.55 bits per heavy atom. The lowest BCUT2D eigenvalue weighted by atomic mass is 9.78. The second-order valence-electron chi connectivity index (χ2n) is 20.7. The number of esters is 3. The van der Waals surface area contributed by atoms with Crippen LogP contribution < -0.4 is 20.7 Å². The van der Waals surface area contributed by atoms with Gasteiger partial charge in [0.25, 0.3) is 5.91 Å². The summed E-state index contributed by atoms with van der Waals surface area (Å²) in [5.74, 6) is -8.37. The fourth-order valence-corrected chi connectivity index (χ4v) is 12.3. The molecule has 4 bridgehead atoms. The van der Waals surface area contributed by atoms with Crippen LogP contribution in [0.15, 0.2) is 52.5 Å². The first-order valence-electron chi connectivity index (χ1n) is 25.4. The number of Topliss-reactive ketones (excluding diaryl/α,β-unsaturated/α-hetero) is 1. The lowest BCUT2D eigenvalue weighted by molar-refractivity contribution is -0.165. The van der Waals surface area contributed by atoms with E-state index >= 15 is 0 Å². The Hall–Kier alpha value is -5.75. The maximum absolute atomic E-state index is 15.0. The molecular formula is C51H74N6O19P2. The SMILES string of the molecule is CCOc1c(C)c(O)c2c3c1C(=O)O/C=C/[C@H](OC)[C@@H](C)[C@@H](OC(C)=O)[C@H](C)[C@H](O)[C@H](C)[C@@H](OC(=O)CN(C)C(=O)NC(P(=O)(O)O)P(=O)(O)O)[C@@H](C)/C=C/C=C(/C)C(=O)NC(=C1NC4(CCN(CC(C)C)CC4)N=C13)C2=O. The third-order valence-corrected chi connectivity index (χ3v) is 17.6. The van der Waals surface area contributed by atoms with Crippen molar-refractivity contribution in [1.82, 2.24) is 25.8 Å². The van der Waals surface area contributed by atoms with Gasteiger partial charge in [0.2, 0.25) is 11.3 Å². The number of methoxy groups -OCH3 is 1. The summed E-state index contributed by atoms with van der Waals surface area (Å²) in [4.78, 5) is 129. The molecule has 5 rings (SSSR count). The molecule has 3 aliphatic heterocycles. The molecule has 8 atom stereocenters. The van der Waals surface area contributed by atoms with Gasteiger partial charge in [0.1, 0.15) is 47.2 Å². The number of likely N-dealkylation sites (N-methyl/N-ethyl adjacent to an activating group) is 1. The van der Waals surface area contributed by atoms with Gasteiger partial charge >= 0.3 is 39.1 Å². The van der Waals surface area contributed by atoms with Gasteiger partial charge in [-0.25, -0.2) is 9.59 Å². The molecule has 1 aliphatic carbocycles. The molecular weight excluding hydrogens is 1060 g/mol. The smallest absolute Gasteiger partial charge is 0.360 e. The van der Waals surface area contributed by atoms with Crippen molar-refractivity contribution in [3.05, 3.63) is 69.8 Å². The fourth-order valence-electron chi connectivity index (χ4n) is 10.1. The monoisotopic (exact) mass is 1140 g/mol. The molecule has 3 heterocycles. The Labute approximate surface area is 452 Å². The molecule has 1 aromatic carbocycles. The number of rotatable bonds is 12. The molecule has 0 saturated carbocycles. The molecule has 25 nitrogen and oxygen atoms in total. The Balaban J connectivity index is 1.65. The van der Waals surface area contributed by atoms with Crippen LogP contribution in [0.1, 0.15) is 107 Å². The van der Waals surface area contributed by atoms with Gasteiger partial charge < -0.3 is 79.2 Å². The summed E-state index contributed by atoms with van der Waals surface area (Å²) >= 11 is 0. The summed E-state index contributed by atoms with van der Waals surface area (Å²) in [6.07, 6.45) is 2.86. The maximum Gasteiger partial charge on any atom is 0.360 e. The van der Waals surface area contributed by atoms with Crippen LogP contribution in [0.3, 0.4) is 0 Å². The number of allylic oxidation sites excluding steroid dienone is 4. The molecule has 1 fully saturated rings. The number of urea groups is 1. The number of aliphatic imine (C=N–C) groups is 1. The summed E-state index contributed by atoms with van der Waals surface area (Å²) in [6.45, 7) is 17.5. The minimum absolute atomic E-state index is 0.0310. The van der Waals surface area contributed by atoms with Crippen LogP contribution >= 0.6 is 15.2 Å². The highest BCUT2D eigenvalue weighted by molar-refractivity contribution is 7.70. The van der Waals surface area contributed by atoms with Gasteiger partial charge in [-0.1, -0.05) is 59.8 Å². The predicted molar refractivity (Wildman–Crippen MR) is 282 cm³/mol. The van der Waals surface area contributed by atoms with Crippen molar-refractivity contribution in [2.24, 2.45) is 34.6 Å². The van der Waals surface area contributed by atoms with Gasteiger partial charge in [-0.05, 0) is 32.8 Å². The average molecular weight is 1140 g/mol. The van der Waals surface area contributed by atoms with Gasteiger partial charge in [0.15, 0.2) is 0 Å². The molecule has 0 radical (unpaired) electrons. The van der Waals surface area contributed by atoms with Crippen molar-refractivity contribution in [2.45, 2.75) is 118 Å². The molecule has 4 aliphatic rings. The van der Waals surface area contributed by atoms with E-state index in [-0.39, 0.29) is 57.3 Å². The number of hydrogen-bond donors (Lipinski definition) is 9. The average Bonchev–Trinajstić information content (AvgIpc) is 3.76. The lowest BCUT2D eigenvalue weighted by Gasteiger charge is -2.39. The standard InChI is InChI=1S/C51H74N6O19P2/c1-13-73-46-31(9)42(61)36-35-37(46)48(64)74-22-17-33(72-12)28(6)45(75-32(10)58)30(8)41(60)29(7)44(76-34(59)24-56(11)49(65)53-50(77(66,67)68)78(69,70)71)26(4)15-14-16-27(5)47(63)52-40(43(36)62)39-38(35)54-51(55-39)18-20-57(21-19-51)23-25(2)3/h14-17,22,25-26,28-30,33,41,44-45,50,55,60-61H,13,18-21,23-24H2,1-12H3,(H,52,63)(H,53,65)(H2,66,67,68)(H2,69,70,71)/b15-14+,22-17+,27-16-/t26-,28+,29-,30+,33-,41+,44-,45+/m0/s1. The summed E-state index contributed by atoms with van der Waals surface area (Å²) in [6, 6.07) is -1.46. The van der Waals surface area contributed by atoms with Crippen LogP contribution in [0.5, 0.6) is 11.5 Å². The summed E-state index contributed by atoms with van der Waals surface area (Å²) in [5, 5.41) is 31.8. The second-order valence-corrected chi connectivity index (χ2v) is 24.5. The molecule has 0 unspecified atom stereocenters. The molecule has 27 heteroatoms. The zero-order chi connectivity index (χ0) is 58.5. The van der Waals surface area contributed by atoms with Gasteiger partial charge in [-0.15, -0.1) is 0 Å². The Morgan fingerprint density at radius 1 is 0.936 bits per heavy atom. The number of amides is 3. The number of aliphatic hydroxyl groups is 1. The molecule has 1 saturated heterocycles. The van der Waals surface area contributed by atoms with Crippen molar-refractivity contribution in [2.75, 3.05) is 46.9 Å². The number of fused-ring (bicyclic) bond motifs is 2. The number of ketones is 1. The quantitative estimate of drug-likeness (QED) is 0.0818. The zero-order valence-electron chi connectivity index (χ0n) is 45.8. The molecule has 1 spiro atoms. The number of cyclic esters (lactones) is 1. The summed E-state index contributed by atoms with van der Waals surface area (Å²) in [7, 11) is -8.89. The van der Waals surface area contributed by atoms with Crippen LogP contribution in [-0.4, -0.2) is 163 Å². The maximum atomic E-state index is 15.0. The van der Waals surface area contributed by atoms with Crippen molar-refractivity contribution in [3.63, 3.8) is 0 Å². The molecule has 1 aromatic rings. The second kappa shape index (κ2) is 25.6. The first kappa shape index (κ1) is 63.1. The number of phenols is 1. The van der Waals surface area contributed by atoms with Crippen molar-refractivity contribution in [1.29, 1.82) is 0 Å². The van der Waals surface area contributed by atoms with Crippen molar-refractivity contribution >= 4 is 56.5 Å². The third kappa shape index (κ3) is 14.3. The van der Waals surface area contributed by atoms with E-state index in [0.29, 0.717) is 36.7 Å². The third-order valence-electron chi connectivity index (χ3n) is 14.2. The fraction of sp³-hybridized carbons (Fsp3) is 0.588. The van der Waals surface area contributed by atoms with Crippen LogP contribution in [0.25, 0.3) is 0 Å². The highest BCUT2D eigenvalue weighted by Gasteiger charge is 2.50. The Morgan fingerprint density at radius 3 is 2.12 bits per heavy atom. The number of hydrogen-bond acceptors (Lipinski definition) is 18. The normalized spacial score (nSPS) is 26.9. The van der Waals surface area contributed by atoms with Gasteiger partial charge in [0.05, 0.1) is 42.0 Å². The number of phenolic OH excluding ortho intramolecular Hbond substituents is 1. The topological polar surface area (TPSA) is 359 Å². The molecule has 3 amide bonds.